The Labute approximate surface area is 115 Å². The summed E-state index contributed by atoms with van der Waals surface area (Å²) in [5.74, 6) is 0.395. The van der Waals surface area contributed by atoms with Gasteiger partial charge in [0.25, 0.3) is 0 Å². The lowest BCUT2D eigenvalue weighted by Crippen LogP contribution is -2.00. The first-order chi connectivity index (χ1) is 9.25. The maximum absolute atomic E-state index is 6.01. The molecule has 19 heavy (non-hydrogen) atoms. The van der Waals surface area contributed by atoms with Crippen LogP contribution in [-0.4, -0.2) is 15.0 Å². The molecule has 0 aliphatic rings. The van der Waals surface area contributed by atoms with Crippen LogP contribution in [0.15, 0.2) is 54.6 Å². The molecule has 0 saturated heterocycles. The average Bonchev–Trinajstić information content (AvgIpc) is 2.82. The van der Waals surface area contributed by atoms with Crippen LogP contribution in [0.3, 0.4) is 0 Å². The minimum atomic E-state index is 0.395. The Morgan fingerprint density at radius 2 is 1.79 bits per heavy atom. The predicted molar refractivity (Wildman–Crippen MR) is 76.2 cm³/mol. The van der Waals surface area contributed by atoms with Crippen molar-refractivity contribution in [2.45, 2.75) is 0 Å². The summed E-state index contributed by atoms with van der Waals surface area (Å²) < 4.78 is 1.69. The molecule has 2 N–H and O–H groups in total. The molecule has 3 rings (SSSR count). The Morgan fingerprint density at radius 1 is 1.00 bits per heavy atom. The molecule has 2 aromatic carbocycles. The van der Waals surface area contributed by atoms with Gasteiger partial charge in [0.1, 0.15) is 5.69 Å². The van der Waals surface area contributed by atoms with Crippen LogP contribution in [0.2, 0.25) is 5.02 Å². The second-order valence-corrected chi connectivity index (χ2v) is 4.52. The van der Waals surface area contributed by atoms with E-state index in [-0.39, 0.29) is 0 Å². The molecule has 1 aromatic heterocycles. The highest BCUT2D eigenvalue weighted by molar-refractivity contribution is 6.30. The van der Waals surface area contributed by atoms with Gasteiger partial charge in [0, 0.05) is 10.6 Å². The van der Waals surface area contributed by atoms with Gasteiger partial charge in [-0.25, -0.2) is 4.68 Å². The van der Waals surface area contributed by atoms with Crippen LogP contribution in [0.5, 0.6) is 0 Å². The number of halogens is 1. The van der Waals surface area contributed by atoms with Gasteiger partial charge >= 0.3 is 0 Å². The number of aromatic nitrogens is 3. The van der Waals surface area contributed by atoms with Crippen LogP contribution in [0, 0.1) is 0 Å². The lowest BCUT2D eigenvalue weighted by Gasteiger charge is -2.07. The van der Waals surface area contributed by atoms with Crippen LogP contribution < -0.4 is 5.73 Å². The topological polar surface area (TPSA) is 56.7 Å². The maximum Gasteiger partial charge on any atom is 0.174 e. The molecule has 0 spiro atoms. The van der Waals surface area contributed by atoms with E-state index in [0.29, 0.717) is 10.8 Å². The third-order valence-corrected chi connectivity index (χ3v) is 3.03. The van der Waals surface area contributed by atoms with Gasteiger partial charge in [-0.1, -0.05) is 53.2 Å². The lowest BCUT2D eigenvalue weighted by molar-refractivity contribution is 0.809. The van der Waals surface area contributed by atoms with Gasteiger partial charge in [0.15, 0.2) is 5.82 Å². The fourth-order valence-electron chi connectivity index (χ4n) is 1.95. The van der Waals surface area contributed by atoms with E-state index < -0.39 is 0 Å². The van der Waals surface area contributed by atoms with Gasteiger partial charge < -0.3 is 5.73 Å². The van der Waals surface area contributed by atoms with Gasteiger partial charge in [0.05, 0.1) is 5.69 Å². The Balaban J connectivity index is 2.19. The molecule has 3 aromatic rings. The first-order valence-electron chi connectivity index (χ1n) is 5.78. The Hall–Kier alpha value is -2.33. The highest BCUT2D eigenvalue weighted by atomic mass is 35.5. The van der Waals surface area contributed by atoms with Crippen molar-refractivity contribution >= 4 is 17.4 Å². The Morgan fingerprint density at radius 3 is 2.53 bits per heavy atom. The average molecular weight is 271 g/mol. The van der Waals surface area contributed by atoms with E-state index in [4.69, 9.17) is 17.3 Å². The van der Waals surface area contributed by atoms with Crippen LogP contribution in [0.25, 0.3) is 16.9 Å². The van der Waals surface area contributed by atoms with E-state index in [1.165, 1.54) is 0 Å². The van der Waals surface area contributed by atoms with Crippen molar-refractivity contribution < 1.29 is 0 Å². The second-order valence-electron chi connectivity index (χ2n) is 4.08. The molecule has 0 unspecified atom stereocenters. The van der Waals surface area contributed by atoms with Crippen molar-refractivity contribution in [1.82, 2.24) is 15.0 Å². The third kappa shape index (κ3) is 2.18. The molecule has 0 aliphatic heterocycles. The van der Waals surface area contributed by atoms with E-state index in [1.807, 2.05) is 54.6 Å². The summed E-state index contributed by atoms with van der Waals surface area (Å²) in [5.41, 5.74) is 8.48. The summed E-state index contributed by atoms with van der Waals surface area (Å²) in [4.78, 5) is 0. The summed E-state index contributed by atoms with van der Waals surface area (Å²) in [6.45, 7) is 0. The van der Waals surface area contributed by atoms with Gasteiger partial charge in [-0.15, -0.1) is 5.10 Å². The molecule has 5 heteroatoms. The lowest BCUT2D eigenvalue weighted by atomic mass is 10.1. The van der Waals surface area contributed by atoms with Crippen LogP contribution in [0.4, 0.5) is 5.82 Å². The largest absolute Gasteiger partial charge is 0.380 e. The fourth-order valence-corrected chi connectivity index (χ4v) is 2.13. The molecule has 4 nitrogen and oxygen atoms in total. The molecule has 0 fully saturated rings. The van der Waals surface area contributed by atoms with E-state index >= 15 is 0 Å². The fraction of sp³-hybridized carbons (Fsp3) is 0. The molecule has 94 valence electrons. The van der Waals surface area contributed by atoms with Crippen molar-refractivity contribution in [3.05, 3.63) is 59.6 Å². The smallest absolute Gasteiger partial charge is 0.174 e. The molecule has 0 bridgehead atoms. The zero-order valence-corrected chi connectivity index (χ0v) is 10.7. The van der Waals surface area contributed by atoms with E-state index in [2.05, 4.69) is 10.3 Å². The summed E-state index contributed by atoms with van der Waals surface area (Å²) in [6.07, 6.45) is 0. The Kier molecular flexibility index (Phi) is 2.93. The molecule has 1 heterocycles. The second kappa shape index (κ2) is 4.74. The molecule has 0 saturated carbocycles. The molecular weight excluding hydrogens is 260 g/mol. The quantitative estimate of drug-likeness (QED) is 0.778. The number of hydrogen-bond acceptors (Lipinski definition) is 3. The number of anilines is 1. The standard InChI is InChI=1S/C14H11ClN4/c15-11-7-4-8-12(9-11)19-13(14(16)17-18-19)10-5-2-1-3-6-10/h1-9H,16H2. The van der Waals surface area contributed by atoms with Crippen LogP contribution in [-0.2, 0) is 0 Å². The SMILES string of the molecule is Nc1nnn(-c2cccc(Cl)c2)c1-c1ccccc1. The van der Waals surface area contributed by atoms with E-state index in [9.17, 15) is 0 Å². The zero-order chi connectivity index (χ0) is 13.2. The third-order valence-electron chi connectivity index (χ3n) is 2.80. The summed E-state index contributed by atoms with van der Waals surface area (Å²) in [5, 5.41) is 8.68. The van der Waals surface area contributed by atoms with Crippen molar-refractivity contribution in [2.75, 3.05) is 5.73 Å². The number of rotatable bonds is 2. The normalized spacial score (nSPS) is 10.6. The number of nitrogens with zero attached hydrogens (tertiary/aromatic N) is 3. The number of benzene rings is 2. The van der Waals surface area contributed by atoms with E-state index in [0.717, 1.165) is 16.9 Å². The highest BCUT2D eigenvalue weighted by Gasteiger charge is 2.13. The minimum absolute atomic E-state index is 0.395. The van der Waals surface area contributed by atoms with Gasteiger partial charge in [-0.3, -0.25) is 0 Å². The van der Waals surface area contributed by atoms with Crippen molar-refractivity contribution in [2.24, 2.45) is 0 Å². The van der Waals surface area contributed by atoms with Crippen LogP contribution in [0.1, 0.15) is 0 Å². The number of hydrogen-bond donors (Lipinski definition) is 1. The molecular formula is C14H11ClN4. The Bertz CT molecular complexity index is 706. The highest BCUT2D eigenvalue weighted by Crippen LogP contribution is 2.27. The first kappa shape index (κ1) is 11.7. The van der Waals surface area contributed by atoms with Crippen molar-refractivity contribution in [3.63, 3.8) is 0 Å². The monoisotopic (exact) mass is 270 g/mol. The van der Waals surface area contributed by atoms with Crippen molar-refractivity contribution in [3.8, 4) is 16.9 Å². The van der Waals surface area contributed by atoms with Gasteiger partial charge in [-0.05, 0) is 18.2 Å². The van der Waals surface area contributed by atoms with Gasteiger partial charge in [0.2, 0.25) is 0 Å². The molecule has 0 aliphatic carbocycles. The summed E-state index contributed by atoms with van der Waals surface area (Å²) >= 11 is 6.01. The predicted octanol–water partition coefficient (Wildman–Crippen LogP) is 3.17. The van der Waals surface area contributed by atoms with E-state index in [1.54, 1.807) is 4.68 Å². The number of nitrogen functional groups attached to an aromatic ring is 1. The summed E-state index contributed by atoms with van der Waals surface area (Å²) in [7, 11) is 0. The summed E-state index contributed by atoms with van der Waals surface area (Å²) in [6, 6.07) is 17.2. The first-order valence-corrected chi connectivity index (χ1v) is 6.16. The minimum Gasteiger partial charge on any atom is -0.380 e. The maximum atomic E-state index is 6.01. The van der Waals surface area contributed by atoms with Crippen LogP contribution >= 0.6 is 11.6 Å². The zero-order valence-electron chi connectivity index (χ0n) is 9.99. The molecule has 0 amide bonds. The van der Waals surface area contributed by atoms with Crippen molar-refractivity contribution in [1.29, 1.82) is 0 Å². The molecule has 0 radical (unpaired) electrons. The van der Waals surface area contributed by atoms with Gasteiger partial charge in [-0.2, -0.15) is 0 Å². The molecule has 0 atom stereocenters. The number of nitrogens with two attached hydrogens (primary N) is 1.